The highest BCUT2D eigenvalue weighted by Gasteiger charge is 2.22. The number of ether oxygens (including phenoxy) is 2. The molecule has 2 N–H and O–H groups in total. The first-order valence-corrected chi connectivity index (χ1v) is 23.2. The predicted octanol–water partition coefficient (Wildman–Crippen LogP) is 13.2. The number of hydrogen-bond acceptors (Lipinski definition) is 6. The maximum Gasteiger partial charge on any atom is 0.469 e. The van der Waals surface area contributed by atoms with Gasteiger partial charge in [0.1, 0.15) is 6.61 Å². The van der Waals surface area contributed by atoms with E-state index in [1.807, 2.05) is 0 Å². The van der Waals surface area contributed by atoms with Crippen LogP contribution in [-0.4, -0.2) is 41.0 Å². The molecule has 0 aliphatic rings. The standard InChI is InChI=1S/C43H81O8P/c1-3-5-7-9-11-13-15-17-19-20-21-22-24-26-28-30-32-34-36-38-43(45)51-41(40-50-52(46,47)48)39-49-42(44)37-35-33-31-29-27-25-23-18-16-14-12-10-8-6-4-2/h17-19,23,41H,3-16,20-22,24-40H2,1-2H3,(H2,46,47,48)/b19-17-,23-18-. The van der Waals surface area contributed by atoms with Crippen LogP contribution in [0.2, 0.25) is 0 Å². The van der Waals surface area contributed by atoms with Crippen molar-refractivity contribution < 1.29 is 37.9 Å². The molecule has 0 spiro atoms. The molecule has 1 unspecified atom stereocenters. The van der Waals surface area contributed by atoms with Gasteiger partial charge in [-0.25, -0.2) is 4.57 Å². The Kier molecular flexibility index (Phi) is 38.1. The number of phosphoric ester groups is 1. The molecule has 0 fully saturated rings. The minimum atomic E-state index is -4.75. The first-order chi connectivity index (χ1) is 25.3. The summed E-state index contributed by atoms with van der Waals surface area (Å²) in [5.74, 6) is -0.890. The van der Waals surface area contributed by atoms with Crippen LogP contribution in [0.25, 0.3) is 0 Å². The summed E-state index contributed by atoms with van der Waals surface area (Å²) in [7, 11) is -4.75. The van der Waals surface area contributed by atoms with Gasteiger partial charge < -0.3 is 19.3 Å². The summed E-state index contributed by atoms with van der Waals surface area (Å²) in [5, 5.41) is 0. The van der Waals surface area contributed by atoms with Crippen molar-refractivity contribution in [2.45, 2.75) is 225 Å². The third-order valence-corrected chi connectivity index (χ3v) is 9.93. The molecule has 0 heterocycles. The fourth-order valence-corrected chi connectivity index (χ4v) is 6.55. The van der Waals surface area contributed by atoms with Crippen LogP contribution in [0.5, 0.6) is 0 Å². The van der Waals surface area contributed by atoms with Gasteiger partial charge in [-0.15, -0.1) is 0 Å². The Labute approximate surface area is 319 Å². The lowest BCUT2D eigenvalue weighted by Crippen LogP contribution is -2.29. The maximum atomic E-state index is 12.4. The van der Waals surface area contributed by atoms with Crippen LogP contribution in [0, 0.1) is 0 Å². The lowest BCUT2D eigenvalue weighted by molar-refractivity contribution is -0.161. The van der Waals surface area contributed by atoms with E-state index in [1.54, 1.807) is 0 Å². The second-order valence-electron chi connectivity index (χ2n) is 14.7. The van der Waals surface area contributed by atoms with Gasteiger partial charge in [-0.1, -0.05) is 167 Å². The molecule has 0 amide bonds. The zero-order valence-corrected chi connectivity index (χ0v) is 34.6. The highest BCUT2D eigenvalue weighted by atomic mass is 31.2. The first kappa shape index (κ1) is 50.5. The summed E-state index contributed by atoms with van der Waals surface area (Å²) in [6, 6.07) is 0. The quantitative estimate of drug-likeness (QED) is 0.0274. The van der Waals surface area contributed by atoms with E-state index in [1.165, 1.54) is 128 Å². The second-order valence-corrected chi connectivity index (χ2v) is 15.9. The van der Waals surface area contributed by atoms with Gasteiger partial charge in [-0.05, 0) is 64.2 Å². The number of rotatable bonds is 40. The van der Waals surface area contributed by atoms with Crippen LogP contribution < -0.4 is 0 Å². The van der Waals surface area contributed by atoms with Gasteiger partial charge in [-0.3, -0.25) is 14.1 Å². The average Bonchev–Trinajstić information content (AvgIpc) is 3.11. The van der Waals surface area contributed by atoms with E-state index in [0.717, 1.165) is 51.4 Å². The highest BCUT2D eigenvalue weighted by molar-refractivity contribution is 7.46. The first-order valence-electron chi connectivity index (χ1n) is 21.6. The molecule has 0 rings (SSSR count). The summed E-state index contributed by atoms with van der Waals surface area (Å²) in [4.78, 5) is 42.9. The summed E-state index contributed by atoms with van der Waals surface area (Å²) in [6.07, 6.45) is 44.7. The smallest absolute Gasteiger partial charge is 0.462 e. The minimum Gasteiger partial charge on any atom is -0.462 e. The second kappa shape index (κ2) is 39.2. The van der Waals surface area contributed by atoms with Crippen molar-refractivity contribution in [3.63, 3.8) is 0 Å². The van der Waals surface area contributed by atoms with Crippen LogP contribution in [0.15, 0.2) is 24.3 Å². The molecule has 0 aromatic carbocycles. The Hall–Kier alpha value is -1.47. The zero-order chi connectivity index (χ0) is 38.2. The normalized spacial score (nSPS) is 12.6. The molecule has 8 nitrogen and oxygen atoms in total. The lowest BCUT2D eigenvalue weighted by atomic mass is 10.1. The molecular formula is C43H81O8P. The Morgan fingerprint density at radius 2 is 0.808 bits per heavy atom. The summed E-state index contributed by atoms with van der Waals surface area (Å²) >= 11 is 0. The highest BCUT2D eigenvalue weighted by Crippen LogP contribution is 2.36. The fraction of sp³-hybridized carbons (Fsp3) is 0.860. The van der Waals surface area contributed by atoms with E-state index in [4.69, 9.17) is 19.3 Å². The van der Waals surface area contributed by atoms with E-state index in [0.29, 0.717) is 12.8 Å². The van der Waals surface area contributed by atoms with E-state index in [-0.39, 0.29) is 19.4 Å². The largest absolute Gasteiger partial charge is 0.469 e. The molecule has 306 valence electrons. The minimum absolute atomic E-state index is 0.210. The molecule has 52 heavy (non-hydrogen) atoms. The molecule has 0 bridgehead atoms. The van der Waals surface area contributed by atoms with E-state index in [9.17, 15) is 14.2 Å². The number of allylic oxidation sites excluding steroid dienone is 4. The molecule has 0 aliphatic heterocycles. The number of phosphoric acid groups is 1. The van der Waals surface area contributed by atoms with Crippen LogP contribution >= 0.6 is 7.82 Å². The van der Waals surface area contributed by atoms with Crippen molar-refractivity contribution in [2.75, 3.05) is 13.2 Å². The molecule has 0 radical (unpaired) electrons. The number of esters is 2. The molecule has 0 aliphatic carbocycles. The van der Waals surface area contributed by atoms with Gasteiger partial charge in [0.15, 0.2) is 6.10 Å². The van der Waals surface area contributed by atoms with Crippen molar-refractivity contribution in [1.82, 2.24) is 0 Å². The van der Waals surface area contributed by atoms with Crippen LogP contribution in [-0.2, 0) is 28.2 Å². The Morgan fingerprint density at radius 1 is 0.481 bits per heavy atom. The topological polar surface area (TPSA) is 119 Å². The predicted molar refractivity (Wildman–Crippen MR) is 216 cm³/mol. The molecule has 0 aromatic heterocycles. The van der Waals surface area contributed by atoms with Gasteiger partial charge in [-0.2, -0.15) is 0 Å². The van der Waals surface area contributed by atoms with E-state index >= 15 is 0 Å². The molecule has 9 heteroatoms. The van der Waals surface area contributed by atoms with Crippen molar-refractivity contribution >= 4 is 19.8 Å². The van der Waals surface area contributed by atoms with Crippen LogP contribution in [0.3, 0.4) is 0 Å². The lowest BCUT2D eigenvalue weighted by Gasteiger charge is -2.18. The van der Waals surface area contributed by atoms with E-state index < -0.39 is 32.5 Å². The van der Waals surface area contributed by atoms with Crippen LogP contribution in [0.1, 0.15) is 219 Å². The number of hydrogen-bond donors (Lipinski definition) is 2. The molecule has 0 saturated carbocycles. The molecule has 1 atom stereocenters. The van der Waals surface area contributed by atoms with Crippen molar-refractivity contribution in [2.24, 2.45) is 0 Å². The van der Waals surface area contributed by atoms with Crippen LogP contribution in [0.4, 0.5) is 0 Å². The van der Waals surface area contributed by atoms with Crippen molar-refractivity contribution in [3.05, 3.63) is 24.3 Å². The molecular weight excluding hydrogens is 675 g/mol. The van der Waals surface area contributed by atoms with Gasteiger partial charge in [0.05, 0.1) is 6.61 Å². The monoisotopic (exact) mass is 757 g/mol. The van der Waals surface area contributed by atoms with Crippen molar-refractivity contribution in [1.29, 1.82) is 0 Å². The van der Waals surface area contributed by atoms with Gasteiger partial charge >= 0.3 is 19.8 Å². The zero-order valence-electron chi connectivity index (χ0n) is 33.7. The SMILES string of the molecule is CCCCCCCC/C=C\CCCCCCCCCCCC(=O)OC(COC(=O)CCCCCCC/C=C\CCCCCCCC)COP(=O)(O)O. The van der Waals surface area contributed by atoms with Gasteiger partial charge in [0, 0.05) is 12.8 Å². The maximum absolute atomic E-state index is 12.4. The summed E-state index contributed by atoms with van der Waals surface area (Å²) < 4.78 is 26.4. The van der Waals surface area contributed by atoms with Crippen molar-refractivity contribution in [3.8, 4) is 0 Å². The summed E-state index contributed by atoms with van der Waals surface area (Å²) in [6.45, 7) is 3.68. The number of carbonyl (C=O) groups excluding carboxylic acids is 2. The third kappa shape index (κ3) is 41.3. The average molecular weight is 757 g/mol. The molecule has 0 saturated heterocycles. The fourth-order valence-electron chi connectivity index (χ4n) is 6.19. The van der Waals surface area contributed by atoms with Gasteiger partial charge in [0.2, 0.25) is 0 Å². The summed E-state index contributed by atoms with van der Waals surface area (Å²) in [5.41, 5.74) is 0. The Morgan fingerprint density at radius 3 is 1.17 bits per heavy atom. The third-order valence-electron chi connectivity index (χ3n) is 9.44. The Bertz CT molecular complexity index is 900. The number of unbranched alkanes of at least 4 members (excludes halogenated alkanes) is 26. The van der Waals surface area contributed by atoms with E-state index in [2.05, 4.69) is 42.7 Å². The van der Waals surface area contributed by atoms with Gasteiger partial charge in [0.25, 0.3) is 0 Å². The molecule has 0 aromatic rings. The Balaban J connectivity index is 3.89. The number of carbonyl (C=O) groups is 2.